The number of hydrogen-bond donors (Lipinski definition) is 0. The number of hydrogen-bond acceptors (Lipinski definition) is 0. The first-order valence-corrected chi connectivity index (χ1v) is 10.7. The third-order valence-electron chi connectivity index (χ3n) is 6.26. The zero-order valence-electron chi connectivity index (χ0n) is 19.8. The molecule has 0 bridgehead atoms. The monoisotopic (exact) mass is 662 g/mol. The lowest BCUT2D eigenvalue weighted by atomic mass is 9.63. The van der Waals surface area contributed by atoms with Gasteiger partial charge in [-0.3, -0.25) is 0 Å². The summed E-state index contributed by atoms with van der Waals surface area (Å²) < 4.78 is 278. The Morgan fingerprint density at radius 2 is 0.455 bits per heavy atom. The van der Waals surface area contributed by atoms with Crippen LogP contribution < -0.4 is 0 Å². The van der Waals surface area contributed by atoms with E-state index in [0.717, 1.165) is 0 Å². The topological polar surface area (TPSA) is 0 Å². The summed E-state index contributed by atoms with van der Waals surface area (Å²) in [6, 6.07) is -1.11. The first-order valence-electron chi connectivity index (χ1n) is 10.7. The van der Waals surface area contributed by atoms with Crippen molar-refractivity contribution < 1.29 is 83.4 Å². The van der Waals surface area contributed by atoms with E-state index in [1.54, 1.807) is 0 Å². The van der Waals surface area contributed by atoms with Crippen molar-refractivity contribution in [3.63, 3.8) is 0 Å². The van der Waals surface area contributed by atoms with Crippen molar-refractivity contribution in [3.05, 3.63) is 139 Å². The highest BCUT2D eigenvalue weighted by molar-refractivity contribution is 5.63. The van der Waals surface area contributed by atoms with Gasteiger partial charge < -0.3 is 0 Å². The number of halogens is 19. The summed E-state index contributed by atoms with van der Waals surface area (Å²) >= 11 is 0. The van der Waals surface area contributed by atoms with Crippen molar-refractivity contribution in [2.45, 2.75) is 5.41 Å². The largest absolute Gasteiger partial charge is 0.204 e. The second kappa shape index (κ2) is 10.6. The van der Waals surface area contributed by atoms with Crippen LogP contribution in [0.25, 0.3) is 0 Å². The molecule has 0 amide bonds. The van der Waals surface area contributed by atoms with Gasteiger partial charge >= 0.3 is 0 Å². The molecule has 0 aliphatic heterocycles. The molecule has 0 nitrogen and oxygen atoms in total. The molecule has 0 saturated carbocycles. The molecule has 4 aromatic carbocycles. The summed E-state index contributed by atoms with van der Waals surface area (Å²) in [7, 11) is 0. The fourth-order valence-corrected chi connectivity index (χ4v) is 4.43. The standard InChI is InChI=1S/C25HF19/c26-3-1-2(7(27)15(35)8(3)28)25(4-9(29)16(36)22(42)17(37)10(4)30,5-11(31)18(38)23(43)19(39)12(5)32)6-13(33)20(40)24(44)21(41)14(6)34/h1H. The Labute approximate surface area is 228 Å². The summed E-state index contributed by atoms with van der Waals surface area (Å²) in [4.78, 5) is 0. The predicted octanol–water partition coefficient (Wildman–Crippen LogP) is 8.71. The van der Waals surface area contributed by atoms with Gasteiger partial charge in [-0.1, -0.05) is 0 Å². The van der Waals surface area contributed by atoms with E-state index in [-0.39, 0.29) is 0 Å². The van der Waals surface area contributed by atoms with Gasteiger partial charge in [-0.05, 0) is 6.07 Å². The fourth-order valence-electron chi connectivity index (χ4n) is 4.43. The van der Waals surface area contributed by atoms with Crippen molar-refractivity contribution >= 4 is 0 Å². The van der Waals surface area contributed by atoms with Crippen molar-refractivity contribution in [1.82, 2.24) is 0 Å². The van der Waals surface area contributed by atoms with Gasteiger partial charge in [0.25, 0.3) is 0 Å². The summed E-state index contributed by atoms with van der Waals surface area (Å²) in [5, 5.41) is 0. The lowest BCUT2D eigenvalue weighted by Crippen LogP contribution is -2.41. The minimum atomic E-state index is -5.71. The zero-order valence-corrected chi connectivity index (χ0v) is 19.8. The van der Waals surface area contributed by atoms with E-state index >= 15 is 30.7 Å². The highest BCUT2D eigenvalue weighted by Gasteiger charge is 2.56. The van der Waals surface area contributed by atoms with Gasteiger partial charge in [0, 0.05) is 22.3 Å². The van der Waals surface area contributed by atoms with Gasteiger partial charge in [-0.2, -0.15) is 0 Å². The molecule has 0 fully saturated rings. The Kier molecular flexibility index (Phi) is 7.83. The first-order chi connectivity index (χ1) is 20.3. The van der Waals surface area contributed by atoms with Crippen LogP contribution in [0.1, 0.15) is 22.3 Å². The molecule has 0 N–H and O–H groups in total. The Balaban J connectivity index is 2.65. The molecule has 44 heavy (non-hydrogen) atoms. The van der Waals surface area contributed by atoms with Crippen LogP contribution >= 0.6 is 0 Å². The maximum absolute atomic E-state index is 15.3. The smallest absolute Gasteiger partial charge is 0.200 e. The molecule has 234 valence electrons. The average Bonchev–Trinajstić information content (AvgIpc) is 2.99. The molecule has 19 heteroatoms. The van der Waals surface area contributed by atoms with Crippen LogP contribution in [0.2, 0.25) is 0 Å². The summed E-state index contributed by atoms with van der Waals surface area (Å²) in [6.45, 7) is 0. The molecular weight excluding hydrogens is 661 g/mol. The maximum atomic E-state index is 15.3. The van der Waals surface area contributed by atoms with Gasteiger partial charge in [0.1, 0.15) is 0 Å². The zero-order chi connectivity index (χ0) is 33.5. The molecular formula is C25HF19. The summed E-state index contributed by atoms with van der Waals surface area (Å²) in [5.41, 5.74) is -19.0. The van der Waals surface area contributed by atoms with Crippen LogP contribution in [0.4, 0.5) is 83.4 Å². The van der Waals surface area contributed by atoms with Crippen molar-refractivity contribution in [3.8, 4) is 0 Å². The van der Waals surface area contributed by atoms with Gasteiger partial charge in [0.2, 0.25) is 17.5 Å². The van der Waals surface area contributed by atoms with Gasteiger partial charge in [-0.25, -0.2) is 83.4 Å². The van der Waals surface area contributed by atoms with Crippen LogP contribution in [0, 0.1) is 111 Å². The number of benzene rings is 4. The summed E-state index contributed by atoms with van der Waals surface area (Å²) in [5.74, 6) is -64.5. The second-order valence-electron chi connectivity index (χ2n) is 8.43. The van der Waals surface area contributed by atoms with E-state index in [1.165, 1.54) is 0 Å². The highest BCUT2D eigenvalue weighted by Crippen LogP contribution is 2.54. The lowest BCUT2D eigenvalue weighted by molar-refractivity contribution is 0.324. The fraction of sp³-hybridized carbons (Fsp3) is 0.0400. The molecule has 4 rings (SSSR count). The molecule has 0 aliphatic carbocycles. The van der Waals surface area contributed by atoms with E-state index in [0.29, 0.717) is 0 Å². The molecule has 0 heterocycles. The normalized spacial score (nSPS) is 12.0. The van der Waals surface area contributed by atoms with Crippen molar-refractivity contribution in [1.29, 1.82) is 0 Å². The van der Waals surface area contributed by atoms with Crippen LogP contribution in [0.5, 0.6) is 0 Å². The predicted molar refractivity (Wildman–Crippen MR) is 104 cm³/mol. The Morgan fingerprint density at radius 3 is 0.705 bits per heavy atom. The summed E-state index contributed by atoms with van der Waals surface area (Å²) in [6.07, 6.45) is 0. The van der Waals surface area contributed by atoms with E-state index < -0.39 is 144 Å². The lowest BCUT2D eigenvalue weighted by Gasteiger charge is -2.38. The van der Waals surface area contributed by atoms with Crippen LogP contribution in [0.3, 0.4) is 0 Å². The van der Waals surface area contributed by atoms with Crippen LogP contribution in [-0.2, 0) is 5.41 Å². The molecule has 4 aromatic rings. The van der Waals surface area contributed by atoms with E-state index in [1.807, 2.05) is 0 Å². The Hall–Kier alpha value is -4.45. The van der Waals surface area contributed by atoms with Crippen LogP contribution in [0.15, 0.2) is 6.07 Å². The third-order valence-corrected chi connectivity index (χ3v) is 6.26. The van der Waals surface area contributed by atoms with Crippen LogP contribution in [-0.4, -0.2) is 0 Å². The third kappa shape index (κ3) is 4.03. The molecule has 0 spiro atoms. The quantitative estimate of drug-likeness (QED) is 0.0889. The highest BCUT2D eigenvalue weighted by atomic mass is 19.2. The van der Waals surface area contributed by atoms with Gasteiger partial charge in [0.05, 0.1) is 5.41 Å². The minimum absolute atomic E-state index is 1.11. The molecule has 0 radical (unpaired) electrons. The van der Waals surface area contributed by atoms with Gasteiger partial charge in [0.15, 0.2) is 93.1 Å². The second-order valence-corrected chi connectivity index (χ2v) is 8.43. The van der Waals surface area contributed by atoms with Gasteiger partial charge in [-0.15, -0.1) is 0 Å². The molecule has 0 atom stereocenters. The van der Waals surface area contributed by atoms with E-state index in [2.05, 4.69) is 0 Å². The molecule has 0 aromatic heterocycles. The maximum Gasteiger partial charge on any atom is 0.200 e. The minimum Gasteiger partial charge on any atom is -0.204 e. The van der Waals surface area contributed by atoms with Crippen molar-refractivity contribution in [2.75, 3.05) is 0 Å². The molecule has 0 unspecified atom stereocenters. The van der Waals surface area contributed by atoms with Crippen molar-refractivity contribution in [2.24, 2.45) is 0 Å². The van der Waals surface area contributed by atoms with E-state index in [9.17, 15) is 52.7 Å². The SMILES string of the molecule is Fc1cc(C(c2c(F)c(F)c(F)c(F)c2F)(c2c(F)c(F)c(F)c(F)c2F)c2c(F)c(F)c(F)c(F)c2F)c(F)c(F)c1F. The molecule has 0 saturated heterocycles. The average molecular weight is 662 g/mol. The van der Waals surface area contributed by atoms with E-state index in [4.69, 9.17) is 0 Å². The Morgan fingerprint density at radius 1 is 0.250 bits per heavy atom. The first kappa shape index (κ1) is 32.5. The molecule has 0 aliphatic rings. The number of rotatable bonds is 4. The Bertz CT molecular complexity index is 1660.